The number of carbonyl (C=O) groups is 1. The van der Waals surface area contributed by atoms with Gasteiger partial charge in [-0.1, -0.05) is 6.92 Å². The SMILES string of the molecule is CCC(C)(CCO)NC(=O)c1cc(OC)cc(Br)c1OC. The van der Waals surface area contributed by atoms with E-state index < -0.39 is 5.54 Å². The average Bonchev–Trinajstić information content (AvgIpc) is 2.46. The highest BCUT2D eigenvalue weighted by atomic mass is 79.9. The normalized spacial score (nSPS) is 13.4. The van der Waals surface area contributed by atoms with Crippen LogP contribution in [0.2, 0.25) is 0 Å². The van der Waals surface area contributed by atoms with E-state index in [1.165, 1.54) is 14.2 Å². The summed E-state index contributed by atoms with van der Waals surface area (Å²) in [6.45, 7) is 3.89. The molecule has 118 valence electrons. The van der Waals surface area contributed by atoms with Gasteiger partial charge in [-0.15, -0.1) is 0 Å². The molecule has 0 spiro atoms. The topological polar surface area (TPSA) is 67.8 Å². The number of hydrogen-bond donors (Lipinski definition) is 2. The first-order chi connectivity index (χ1) is 9.90. The summed E-state index contributed by atoms with van der Waals surface area (Å²) < 4.78 is 11.1. The van der Waals surface area contributed by atoms with E-state index in [2.05, 4.69) is 21.2 Å². The summed E-state index contributed by atoms with van der Waals surface area (Å²) in [6.07, 6.45) is 1.20. The molecule has 0 fully saturated rings. The van der Waals surface area contributed by atoms with Crippen LogP contribution in [0.5, 0.6) is 11.5 Å². The standard InChI is InChI=1S/C15H22BrNO4/c1-5-15(2,6-7-18)17-14(19)11-8-10(20-3)9-12(16)13(11)21-4/h8-9,18H,5-7H2,1-4H3,(H,17,19). The molecular formula is C15H22BrNO4. The van der Waals surface area contributed by atoms with Crippen LogP contribution in [0, 0.1) is 0 Å². The second-order valence-corrected chi connectivity index (χ2v) is 5.89. The summed E-state index contributed by atoms with van der Waals surface area (Å²) in [5, 5.41) is 12.1. The van der Waals surface area contributed by atoms with E-state index in [1.54, 1.807) is 12.1 Å². The lowest BCUT2D eigenvalue weighted by molar-refractivity contribution is 0.0882. The van der Waals surface area contributed by atoms with Gasteiger partial charge in [0.25, 0.3) is 5.91 Å². The van der Waals surface area contributed by atoms with Gasteiger partial charge in [-0.25, -0.2) is 0 Å². The van der Waals surface area contributed by atoms with Crippen molar-refractivity contribution < 1.29 is 19.4 Å². The number of ether oxygens (including phenoxy) is 2. The van der Waals surface area contributed by atoms with Gasteiger partial charge in [0.15, 0.2) is 0 Å². The van der Waals surface area contributed by atoms with Gasteiger partial charge in [0.2, 0.25) is 0 Å². The Morgan fingerprint density at radius 2 is 2.05 bits per heavy atom. The second-order valence-electron chi connectivity index (χ2n) is 5.03. The molecule has 0 radical (unpaired) electrons. The maximum absolute atomic E-state index is 12.5. The third kappa shape index (κ3) is 4.35. The molecule has 1 aromatic rings. The highest BCUT2D eigenvalue weighted by molar-refractivity contribution is 9.10. The number of hydrogen-bond acceptors (Lipinski definition) is 4. The number of benzene rings is 1. The van der Waals surface area contributed by atoms with Crippen molar-refractivity contribution in [3.63, 3.8) is 0 Å². The van der Waals surface area contributed by atoms with E-state index in [0.717, 1.165) is 0 Å². The number of aliphatic hydroxyl groups excluding tert-OH is 1. The highest BCUT2D eigenvalue weighted by Gasteiger charge is 2.26. The molecule has 2 N–H and O–H groups in total. The summed E-state index contributed by atoms with van der Waals surface area (Å²) >= 11 is 3.37. The molecule has 0 aromatic heterocycles. The minimum atomic E-state index is -0.466. The molecule has 0 bridgehead atoms. The minimum Gasteiger partial charge on any atom is -0.497 e. The zero-order valence-corrected chi connectivity index (χ0v) is 14.4. The van der Waals surface area contributed by atoms with Crippen LogP contribution in [0.4, 0.5) is 0 Å². The quantitative estimate of drug-likeness (QED) is 0.785. The Morgan fingerprint density at radius 3 is 2.52 bits per heavy atom. The van der Waals surface area contributed by atoms with Gasteiger partial charge < -0.3 is 19.9 Å². The van der Waals surface area contributed by atoms with Crippen LogP contribution in [0.1, 0.15) is 37.0 Å². The number of rotatable bonds is 7. The third-order valence-corrected chi connectivity index (χ3v) is 4.15. The van der Waals surface area contributed by atoms with E-state index >= 15 is 0 Å². The van der Waals surface area contributed by atoms with Gasteiger partial charge in [0, 0.05) is 12.1 Å². The molecule has 6 heteroatoms. The number of aliphatic hydroxyl groups is 1. The fourth-order valence-electron chi connectivity index (χ4n) is 1.98. The maximum atomic E-state index is 12.5. The molecule has 0 saturated heterocycles. The molecular weight excluding hydrogens is 338 g/mol. The van der Waals surface area contributed by atoms with E-state index in [-0.39, 0.29) is 12.5 Å². The van der Waals surface area contributed by atoms with Crippen LogP contribution in [-0.2, 0) is 0 Å². The number of methoxy groups -OCH3 is 2. The molecule has 5 nitrogen and oxygen atoms in total. The first-order valence-electron chi connectivity index (χ1n) is 6.75. The zero-order chi connectivity index (χ0) is 16.0. The van der Waals surface area contributed by atoms with Crippen molar-refractivity contribution in [2.75, 3.05) is 20.8 Å². The van der Waals surface area contributed by atoms with Gasteiger partial charge in [-0.05, 0) is 47.8 Å². The van der Waals surface area contributed by atoms with Gasteiger partial charge >= 0.3 is 0 Å². The van der Waals surface area contributed by atoms with Crippen molar-refractivity contribution in [1.82, 2.24) is 5.32 Å². The first-order valence-corrected chi connectivity index (χ1v) is 7.55. The van der Waals surface area contributed by atoms with Crippen molar-refractivity contribution in [3.8, 4) is 11.5 Å². The first kappa shape index (κ1) is 17.8. The molecule has 0 saturated carbocycles. The summed E-state index contributed by atoms with van der Waals surface area (Å²) in [6, 6.07) is 3.37. The lowest BCUT2D eigenvalue weighted by Crippen LogP contribution is -2.46. The van der Waals surface area contributed by atoms with Crippen molar-refractivity contribution >= 4 is 21.8 Å². The lowest BCUT2D eigenvalue weighted by Gasteiger charge is -2.29. The Hall–Kier alpha value is -1.27. The van der Waals surface area contributed by atoms with Crippen LogP contribution in [0.25, 0.3) is 0 Å². The molecule has 1 rings (SSSR count). The molecule has 0 heterocycles. The Balaban J connectivity index is 3.14. The highest BCUT2D eigenvalue weighted by Crippen LogP contribution is 2.34. The summed E-state index contributed by atoms with van der Waals surface area (Å²) in [7, 11) is 3.05. The van der Waals surface area contributed by atoms with Crippen LogP contribution in [0.3, 0.4) is 0 Å². The second kappa shape index (κ2) is 7.66. The number of nitrogens with one attached hydrogen (secondary N) is 1. The molecule has 1 amide bonds. The summed E-state index contributed by atoms with van der Waals surface area (Å²) in [5.74, 6) is 0.758. The van der Waals surface area contributed by atoms with Crippen molar-refractivity contribution in [2.45, 2.75) is 32.2 Å². The molecule has 1 unspecified atom stereocenters. The van der Waals surface area contributed by atoms with E-state index in [9.17, 15) is 4.79 Å². The van der Waals surface area contributed by atoms with Crippen LogP contribution >= 0.6 is 15.9 Å². The van der Waals surface area contributed by atoms with Crippen molar-refractivity contribution in [3.05, 3.63) is 22.2 Å². The largest absolute Gasteiger partial charge is 0.497 e. The van der Waals surface area contributed by atoms with Crippen LogP contribution in [-0.4, -0.2) is 37.4 Å². The Bertz CT molecular complexity index is 507. The van der Waals surface area contributed by atoms with Crippen molar-refractivity contribution in [1.29, 1.82) is 0 Å². The maximum Gasteiger partial charge on any atom is 0.255 e. The Kier molecular flexibility index (Phi) is 6.48. The fraction of sp³-hybridized carbons (Fsp3) is 0.533. The van der Waals surface area contributed by atoms with Gasteiger partial charge in [-0.2, -0.15) is 0 Å². The predicted molar refractivity (Wildman–Crippen MR) is 85.1 cm³/mol. The number of halogens is 1. The molecule has 1 aromatic carbocycles. The fourth-order valence-corrected chi connectivity index (χ4v) is 2.58. The number of carbonyl (C=O) groups excluding carboxylic acids is 1. The Labute approximate surface area is 133 Å². The average molecular weight is 360 g/mol. The predicted octanol–water partition coefficient (Wildman–Crippen LogP) is 2.75. The molecule has 0 aliphatic rings. The molecule has 1 atom stereocenters. The van der Waals surface area contributed by atoms with Crippen molar-refractivity contribution in [2.24, 2.45) is 0 Å². The minimum absolute atomic E-state index is 0.0174. The van der Waals surface area contributed by atoms with Gasteiger partial charge in [0.05, 0.1) is 24.3 Å². The lowest BCUT2D eigenvalue weighted by atomic mass is 9.94. The van der Waals surface area contributed by atoms with E-state index in [0.29, 0.717) is 34.4 Å². The van der Waals surface area contributed by atoms with E-state index in [1.807, 2.05) is 13.8 Å². The van der Waals surface area contributed by atoms with Crippen LogP contribution < -0.4 is 14.8 Å². The summed E-state index contributed by atoms with van der Waals surface area (Å²) in [5.41, 5.74) is -0.0757. The van der Waals surface area contributed by atoms with Gasteiger partial charge in [0.1, 0.15) is 11.5 Å². The van der Waals surface area contributed by atoms with Gasteiger partial charge in [-0.3, -0.25) is 4.79 Å². The smallest absolute Gasteiger partial charge is 0.255 e. The van der Waals surface area contributed by atoms with E-state index in [4.69, 9.17) is 14.6 Å². The molecule has 0 aliphatic heterocycles. The summed E-state index contributed by atoms with van der Waals surface area (Å²) in [4.78, 5) is 12.5. The van der Waals surface area contributed by atoms with Crippen LogP contribution in [0.15, 0.2) is 16.6 Å². The third-order valence-electron chi connectivity index (χ3n) is 3.56. The molecule has 0 aliphatic carbocycles. The monoisotopic (exact) mass is 359 g/mol. The number of amides is 1. The zero-order valence-electron chi connectivity index (χ0n) is 12.8. The Morgan fingerprint density at radius 1 is 1.38 bits per heavy atom. The molecule has 21 heavy (non-hydrogen) atoms.